The highest BCUT2D eigenvalue weighted by molar-refractivity contribution is 7.51. The minimum atomic E-state index is -2.48. The molecule has 0 fully saturated rings. The number of nitrogens with zero attached hydrogens (tertiary/aromatic N) is 1. The van der Waals surface area contributed by atoms with Crippen molar-refractivity contribution in [2.24, 2.45) is 0 Å². The summed E-state index contributed by atoms with van der Waals surface area (Å²) in [6.07, 6.45) is 0.640. The van der Waals surface area contributed by atoms with E-state index in [1.165, 1.54) is 19.2 Å². The van der Waals surface area contributed by atoms with E-state index in [4.69, 9.17) is 9.51 Å². The fourth-order valence-electron chi connectivity index (χ4n) is 3.39. The minimum Gasteiger partial charge on any atom is -0.331 e. The molecule has 0 aliphatic rings. The molecule has 28 heavy (non-hydrogen) atoms. The van der Waals surface area contributed by atoms with E-state index in [-0.39, 0.29) is 5.82 Å². The molecule has 5 heteroatoms. The van der Waals surface area contributed by atoms with Gasteiger partial charge in [-0.3, -0.25) is 9.55 Å². The van der Waals surface area contributed by atoms with Crippen LogP contribution in [0.3, 0.4) is 0 Å². The first-order chi connectivity index (χ1) is 13.5. The van der Waals surface area contributed by atoms with Crippen molar-refractivity contribution in [3.8, 4) is 22.4 Å². The van der Waals surface area contributed by atoms with Gasteiger partial charge in [-0.1, -0.05) is 56.0 Å². The zero-order chi connectivity index (χ0) is 20.3. The molecule has 3 aromatic rings. The van der Waals surface area contributed by atoms with E-state index in [2.05, 4.69) is 6.58 Å². The summed E-state index contributed by atoms with van der Waals surface area (Å²) in [7, 11) is -1.07. The van der Waals surface area contributed by atoms with E-state index in [9.17, 15) is 8.96 Å². The van der Waals surface area contributed by atoms with E-state index in [0.29, 0.717) is 11.7 Å². The van der Waals surface area contributed by atoms with Crippen LogP contribution in [0, 0.1) is 12.7 Å². The predicted molar refractivity (Wildman–Crippen MR) is 114 cm³/mol. The van der Waals surface area contributed by atoms with Crippen LogP contribution in [0.25, 0.3) is 27.7 Å². The Morgan fingerprint density at radius 2 is 1.75 bits per heavy atom. The summed E-state index contributed by atoms with van der Waals surface area (Å²) in [4.78, 5) is 4.89. The molecule has 1 heterocycles. The number of pyridine rings is 1. The van der Waals surface area contributed by atoms with Gasteiger partial charge in [0.1, 0.15) is 5.82 Å². The second-order valence-corrected chi connectivity index (χ2v) is 8.07. The highest BCUT2D eigenvalue weighted by Crippen LogP contribution is 2.46. The largest absolute Gasteiger partial charge is 0.331 e. The van der Waals surface area contributed by atoms with E-state index >= 15 is 0 Å². The molecule has 2 aromatic carbocycles. The first-order valence-corrected chi connectivity index (χ1v) is 10.4. The zero-order valence-corrected chi connectivity index (χ0v) is 17.3. The standard InChI is InChI=1S/C23H23FNO2P/c1-5-20-22(16(3)28(26)27-4)21(17-11-13-19(24)14-12-17)15(2)23(25-20)18-9-7-6-8-10-18/h6-14,28H,3,5H2,1-2,4H3. The Hall–Kier alpha value is -2.55. The lowest BCUT2D eigenvalue weighted by Gasteiger charge is -2.21. The van der Waals surface area contributed by atoms with Gasteiger partial charge in [0.15, 0.2) is 0 Å². The number of aromatic nitrogens is 1. The van der Waals surface area contributed by atoms with Crippen LogP contribution < -0.4 is 0 Å². The Morgan fingerprint density at radius 1 is 1.11 bits per heavy atom. The summed E-state index contributed by atoms with van der Waals surface area (Å²) in [5.41, 5.74) is 6.00. The third-order valence-electron chi connectivity index (χ3n) is 4.76. The fraction of sp³-hybridized carbons (Fsp3) is 0.174. The molecule has 0 saturated carbocycles. The Morgan fingerprint density at radius 3 is 2.32 bits per heavy atom. The predicted octanol–water partition coefficient (Wildman–Crippen LogP) is 6.52. The van der Waals surface area contributed by atoms with Gasteiger partial charge in [0, 0.05) is 29.2 Å². The van der Waals surface area contributed by atoms with Gasteiger partial charge < -0.3 is 4.52 Å². The van der Waals surface area contributed by atoms with Crippen LogP contribution in [-0.4, -0.2) is 12.1 Å². The normalized spacial score (nSPS) is 12.0. The maximum absolute atomic E-state index is 13.5. The number of halogens is 1. The lowest BCUT2D eigenvalue weighted by Crippen LogP contribution is -2.04. The maximum atomic E-state index is 13.5. The Labute approximate surface area is 165 Å². The van der Waals surface area contributed by atoms with E-state index < -0.39 is 8.03 Å². The van der Waals surface area contributed by atoms with Crippen LogP contribution in [0.4, 0.5) is 4.39 Å². The van der Waals surface area contributed by atoms with Gasteiger partial charge >= 0.3 is 0 Å². The minimum absolute atomic E-state index is 0.305. The number of rotatable bonds is 6. The van der Waals surface area contributed by atoms with Crippen LogP contribution in [-0.2, 0) is 15.5 Å². The smallest absolute Gasteiger partial charge is 0.220 e. The van der Waals surface area contributed by atoms with Crippen molar-refractivity contribution in [3.63, 3.8) is 0 Å². The van der Waals surface area contributed by atoms with E-state index in [1.807, 2.05) is 44.2 Å². The molecule has 0 spiro atoms. The monoisotopic (exact) mass is 395 g/mol. The van der Waals surface area contributed by atoms with Crippen molar-refractivity contribution < 1.29 is 13.5 Å². The van der Waals surface area contributed by atoms with E-state index in [1.54, 1.807) is 12.1 Å². The van der Waals surface area contributed by atoms with Gasteiger partial charge in [0.25, 0.3) is 0 Å². The molecular weight excluding hydrogens is 372 g/mol. The molecule has 0 bridgehead atoms. The summed E-state index contributed by atoms with van der Waals surface area (Å²) in [5, 5.41) is 0.430. The molecular formula is C23H23FNO2P. The molecule has 0 amide bonds. The van der Waals surface area contributed by atoms with Crippen molar-refractivity contribution in [2.45, 2.75) is 20.3 Å². The average Bonchev–Trinajstić information content (AvgIpc) is 2.73. The lowest BCUT2D eigenvalue weighted by atomic mass is 9.90. The summed E-state index contributed by atoms with van der Waals surface area (Å²) in [6, 6.07) is 16.2. The first kappa shape index (κ1) is 20.2. The van der Waals surface area contributed by atoms with Crippen LogP contribution in [0.15, 0.2) is 61.2 Å². The SMILES string of the molecule is C=C(c1c(CC)nc(-c2ccccc2)c(C)c1-c1ccc(F)cc1)[PH](=O)OC. The number of aryl methyl sites for hydroxylation is 1. The Kier molecular flexibility index (Phi) is 6.23. The van der Waals surface area contributed by atoms with Crippen molar-refractivity contribution >= 4 is 13.3 Å². The zero-order valence-electron chi connectivity index (χ0n) is 16.3. The number of hydrogen-bond donors (Lipinski definition) is 0. The van der Waals surface area contributed by atoms with E-state index in [0.717, 1.165) is 39.2 Å². The van der Waals surface area contributed by atoms with Crippen LogP contribution in [0.5, 0.6) is 0 Å². The van der Waals surface area contributed by atoms with Crippen LogP contribution >= 0.6 is 8.03 Å². The van der Waals surface area contributed by atoms with Crippen molar-refractivity contribution in [3.05, 3.63) is 83.8 Å². The molecule has 1 atom stereocenters. The molecule has 0 aliphatic heterocycles. The summed E-state index contributed by atoms with van der Waals surface area (Å²) < 4.78 is 31.1. The number of hydrogen-bond acceptors (Lipinski definition) is 3. The second kappa shape index (κ2) is 8.64. The van der Waals surface area contributed by atoms with Gasteiger partial charge in [0.05, 0.1) is 5.69 Å². The van der Waals surface area contributed by atoms with Gasteiger partial charge in [-0.05, 0) is 42.2 Å². The van der Waals surface area contributed by atoms with Gasteiger partial charge in [-0.2, -0.15) is 0 Å². The molecule has 1 unspecified atom stereocenters. The van der Waals surface area contributed by atoms with Crippen molar-refractivity contribution in [2.75, 3.05) is 7.11 Å². The topological polar surface area (TPSA) is 39.2 Å². The van der Waals surface area contributed by atoms with Gasteiger partial charge in [-0.15, -0.1) is 0 Å². The summed E-state index contributed by atoms with van der Waals surface area (Å²) in [6.45, 7) is 8.03. The van der Waals surface area contributed by atoms with Gasteiger partial charge in [-0.25, -0.2) is 4.39 Å². The summed E-state index contributed by atoms with van der Waals surface area (Å²) >= 11 is 0. The first-order valence-electron chi connectivity index (χ1n) is 9.10. The molecule has 0 aliphatic carbocycles. The lowest BCUT2D eigenvalue weighted by molar-refractivity contribution is 0.424. The third-order valence-corrected chi connectivity index (χ3v) is 5.88. The Balaban J connectivity index is 2.38. The third kappa shape index (κ3) is 3.84. The fourth-order valence-corrected chi connectivity index (χ4v) is 4.11. The average molecular weight is 395 g/mol. The molecule has 0 saturated heterocycles. The molecule has 3 rings (SSSR count). The second-order valence-electron chi connectivity index (χ2n) is 6.48. The molecule has 0 N–H and O–H groups in total. The molecule has 144 valence electrons. The van der Waals surface area contributed by atoms with Crippen molar-refractivity contribution in [1.29, 1.82) is 0 Å². The molecule has 0 radical (unpaired) electrons. The molecule has 3 nitrogen and oxygen atoms in total. The Bertz CT molecular complexity index is 1030. The van der Waals surface area contributed by atoms with Gasteiger partial charge in [0.2, 0.25) is 8.03 Å². The summed E-state index contributed by atoms with van der Waals surface area (Å²) in [5.74, 6) is -0.305. The van der Waals surface area contributed by atoms with Crippen LogP contribution in [0.2, 0.25) is 0 Å². The molecule has 1 aromatic heterocycles. The maximum Gasteiger partial charge on any atom is 0.220 e. The highest BCUT2D eigenvalue weighted by atomic mass is 31.1. The highest BCUT2D eigenvalue weighted by Gasteiger charge is 2.23. The van der Waals surface area contributed by atoms with Crippen molar-refractivity contribution in [1.82, 2.24) is 4.98 Å². The van der Waals surface area contributed by atoms with Crippen LogP contribution in [0.1, 0.15) is 23.7 Å². The number of benzene rings is 2. The quantitative estimate of drug-likeness (QED) is 0.446.